The van der Waals surface area contributed by atoms with Crippen molar-refractivity contribution in [3.63, 3.8) is 0 Å². The number of rotatable bonds is 8. The van der Waals surface area contributed by atoms with E-state index in [1.165, 1.54) is 0 Å². The van der Waals surface area contributed by atoms with Crippen LogP contribution in [0.15, 0.2) is 0 Å². The highest BCUT2D eigenvalue weighted by atomic mass is 19.4. The van der Waals surface area contributed by atoms with Gasteiger partial charge in [-0.05, 0) is 0 Å². The number of hydrogen-bond acceptors (Lipinski definition) is 3. The summed E-state index contributed by atoms with van der Waals surface area (Å²) in [6.07, 6.45) is -4.57. The molecular weight excluding hydrogens is 239 g/mol. The van der Waals surface area contributed by atoms with E-state index in [2.05, 4.69) is 14.2 Å². The Hall–Kier alpha value is -0.470. The van der Waals surface area contributed by atoms with Crippen LogP contribution in [0.3, 0.4) is 0 Å². The summed E-state index contributed by atoms with van der Waals surface area (Å²) in [6, 6.07) is 0. The van der Waals surface area contributed by atoms with Crippen LogP contribution in [0.25, 0.3) is 0 Å². The molecule has 0 unspecified atom stereocenters. The van der Waals surface area contributed by atoms with Crippen molar-refractivity contribution in [2.24, 2.45) is 0 Å². The van der Waals surface area contributed by atoms with Gasteiger partial charge in [-0.15, -0.1) is 0 Å². The third-order valence-corrected chi connectivity index (χ3v) is 1.38. The van der Waals surface area contributed by atoms with Crippen molar-refractivity contribution in [3.05, 3.63) is 0 Å². The van der Waals surface area contributed by atoms with Gasteiger partial charge in [0.15, 0.2) is 0 Å². The summed E-state index contributed by atoms with van der Waals surface area (Å²) in [5.41, 5.74) is 0. The van der Waals surface area contributed by atoms with Crippen molar-refractivity contribution in [2.75, 3.05) is 33.2 Å². The van der Waals surface area contributed by atoms with E-state index < -0.39 is 45.3 Å². The third kappa shape index (κ3) is 7.77. The minimum Gasteiger partial charge on any atom is -0.325 e. The zero-order chi connectivity index (χ0) is 12.7. The van der Waals surface area contributed by atoms with E-state index in [0.29, 0.717) is 0 Å². The molecule has 0 aromatic carbocycles. The molecule has 0 aliphatic carbocycles. The van der Waals surface area contributed by atoms with Gasteiger partial charge in [0, 0.05) is 6.92 Å². The van der Waals surface area contributed by atoms with Crippen LogP contribution in [0, 0.1) is 0 Å². The Balaban J connectivity index is 4.17. The lowest BCUT2D eigenvalue weighted by Gasteiger charge is -2.29. The molecule has 0 aromatic heterocycles. The number of hydrogen-bond donors (Lipinski definition) is 0. The second-order valence-electron chi connectivity index (χ2n) is 2.84. The van der Waals surface area contributed by atoms with E-state index in [9.17, 15) is 22.0 Å². The summed E-state index contributed by atoms with van der Waals surface area (Å²) in [4.78, 5) is 0. The SMILES string of the molecule is CC(OCCF)(OCCF)OCC(F)(F)F. The van der Waals surface area contributed by atoms with Crippen molar-refractivity contribution in [2.45, 2.75) is 19.1 Å². The van der Waals surface area contributed by atoms with E-state index in [1.807, 2.05) is 0 Å². The Morgan fingerprint density at radius 3 is 1.62 bits per heavy atom. The molecule has 0 atom stereocenters. The molecule has 0 fully saturated rings. The average molecular weight is 252 g/mol. The normalized spacial score (nSPS) is 13.1. The van der Waals surface area contributed by atoms with Gasteiger partial charge in [-0.25, -0.2) is 8.78 Å². The molecule has 0 aromatic rings. The Bertz CT molecular complexity index is 177. The van der Waals surface area contributed by atoms with Gasteiger partial charge in [-0.1, -0.05) is 0 Å². The molecule has 0 saturated carbocycles. The molecule has 0 aliphatic heterocycles. The second kappa shape index (κ2) is 6.97. The summed E-state index contributed by atoms with van der Waals surface area (Å²) in [5.74, 6) is -2.09. The molecular formula is C8H13F5O3. The standard InChI is InChI=1S/C8H13F5O3/c1-7(14-4-2-9,15-5-3-10)16-6-8(11,12)13/h2-6H2,1H3. The largest absolute Gasteiger partial charge is 0.412 e. The van der Waals surface area contributed by atoms with Crippen molar-refractivity contribution in [3.8, 4) is 0 Å². The van der Waals surface area contributed by atoms with Crippen LogP contribution in [0.1, 0.15) is 6.92 Å². The third-order valence-electron chi connectivity index (χ3n) is 1.38. The fraction of sp³-hybridized carbons (Fsp3) is 1.00. The molecule has 0 N–H and O–H groups in total. The zero-order valence-corrected chi connectivity index (χ0v) is 8.65. The van der Waals surface area contributed by atoms with E-state index in [4.69, 9.17) is 0 Å². The first-order valence-electron chi connectivity index (χ1n) is 4.43. The highest BCUT2D eigenvalue weighted by Crippen LogP contribution is 2.21. The predicted molar refractivity (Wildman–Crippen MR) is 44.3 cm³/mol. The van der Waals surface area contributed by atoms with Gasteiger partial charge in [0.25, 0.3) is 5.97 Å². The van der Waals surface area contributed by atoms with Crippen LogP contribution in [0.2, 0.25) is 0 Å². The zero-order valence-electron chi connectivity index (χ0n) is 8.65. The molecule has 3 nitrogen and oxygen atoms in total. The van der Waals surface area contributed by atoms with Crippen molar-refractivity contribution in [1.82, 2.24) is 0 Å². The average Bonchev–Trinajstić information content (AvgIpc) is 2.20. The number of halogens is 5. The van der Waals surface area contributed by atoms with Gasteiger partial charge in [-0.3, -0.25) is 0 Å². The quantitative estimate of drug-likeness (QED) is 0.489. The van der Waals surface area contributed by atoms with Crippen LogP contribution >= 0.6 is 0 Å². The summed E-state index contributed by atoms with van der Waals surface area (Å²) in [7, 11) is 0. The molecule has 0 bridgehead atoms. The molecule has 98 valence electrons. The maximum atomic E-state index is 11.8. The monoisotopic (exact) mass is 252 g/mol. The molecule has 0 radical (unpaired) electrons. The minimum atomic E-state index is -4.57. The lowest BCUT2D eigenvalue weighted by Crippen LogP contribution is -2.40. The molecule has 0 heterocycles. The fourth-order valence-corrected chi connectivity index (χ4v) is 0.786. The summed E-state index contributed by atoms with van der Waals surface area (Å²) < 4.78 is 72.6. The van der Waals surface area contributed by atoms with Gasteiger partial charge in [0.1, 0.15) is 20.0 Å². The minimum absolute atomic E-state index is 0.499. The number of alkyl halides is 5. The first-order valence-corrected chi connectivity index (χ1v) is 4.43. The smallest absolute Gasteiger partial charge is 0.325 e. The molecule has 0 aliphatic rings. The Kier molecular flexibility index (Phi) is 6.77. The number of ether oxygens (including phenoxy) is 3. The first-order chi connectivity index (χ1) is 7.33. The summed E-state index contributed by atoms with van der Waals surface area (Å²) in [6.45, 7) is -3.43. The summed E-state index contributed by atoms with van der Waals surface area (Å²) >= 11 is 0. The van der Waals surface area contributed by atoms with Gasteiger partial charge in [0.2, 0.25) is 0 Å². The molecule has 0 spiro atoms. The van der Waals surface area contributed by atoms with Crippen LogP contribution in [0.4, 0.5) is 22.0 Å². The first kappa shape index (κ1) is 15.5. The Morgan fingerprint density at radius 2 is 1.31 bits per heavy atom. The van der Waals surface area contributed by atoms with Crippen LogP contribution in [-0.4, -0.2) is 45.3 Å². The predicted octanol–water partition coefficient (Wildman–Crippen LogP) is 2.21. The van der Waals surface area contributed by atoms with E-state index in [0.717, 1.165) is 6.92 Å². The van der Waals surface area contributed by atoms with Gasteiger partial charge in [-0.2, -0.15) is 13.2 Å². The fourth-order valence-electron chi connectivity index (χ4n) is 0.786. The van der Waals surface area contributed by atoms with Gasteiger partial charge >= 0.3 is 6.18 Å². The molecule has 0 rings (SSSR count). The van der Waals surface area contributed by atoms with Crippen molar-refractivity contribution >= 4 is 0 Å². The Labute approximate surface area is 89.5 Å². The van der Waals surface area contributed by atoms with E-state index in [-0.39, 0.29) is 0 Å². The maximum absolute atomic E-state index is 11.8. The van der Waals surface area contributed by atoms with Crippen LogP contribution in [-0.2, 0) is 14.2 Å². The van der Waals surface area contributed by atoms with E-state index >= 15 is 0 Å². The van der Waals surface area contributed by atoms with Crippen molar-refractivity contribution < 1.29 is 36.2 Å². The molecule has 8 heteroatoms. The highest BCUT2D eigenvalue weighted by Gasteiger charge is 2.35. The molecule has 0 saturated heterocycles. The Morgan fingerprint density at radius 1 is 0.875 bits per heavy atom. The van der Waals surface area contributed by atoms with Crippen molar-refractivity contribution in [1.29, 1.82) is 0 Å². The topological polar surface area (TPSA) is 27.7 Å². The van der Waals surface area contributed by atoms with Crippen LogP contribution < -0.4 is 0 Å². The maximum Gasteiger partial charge on any atom is 0.412 e. The van der Waals surface area contributed by atoms with Gasteiger partial charge in [0.05, 0.1) is 13.2 Å². The summed E-state index contributed by atoms with van der Waals surface area (Å²) in [5, 5.41) is 0. The van der Waals surface area contributed by atoms with Crippen LogP contribution in [0.5, 0.6) is 0 Å². The lowest BCUT2D eigenvalue weighted by molar-refractivity contribution is -0.388. The second-order valence-corrected chi connectivity index (χ2v) is 2.84. The lowest BCUT2D eigenvalue weighted by atomic mass is 10.6. The van der Waals surface area contributed by atoms with E-state index in [1.54, 1.807) is 0 Å². The molecule has 0 amide bonds. The highest BCUT2D eigenvalue weighted by molar-refractivity contribution is 4.53. The molecule has 16 heavy (non-hydrogen) atoms. The van der Waals surface area contributed by atoms with Gasteiger partial charge < -0.3 is 14.2 Å².